The average molecular weight is 412 g/mol. The highest BCUT2D eigenvalue weighted by Crippen LogP contribution is 2.24. The number of halogens is 2. The Hall–Kier alpha value is -1.37. The van der Waals surface area contributed by atoms with Gasteiger partial charge in [-0.3, -0.25) is 0 Å². The second-order valence-electron chi connectivity index (χ2n) is 5.99. The Kier molecular flexibility index (Phi) is 5.92. The van der Waals surface area contributed by atoms with Crippen molar-refractivity contribution >= 4 is 39.2 Å². The summed E-state index contributed by atoms with van der Waals surface area (Å²) < 4.78 is 0.962. The van der Waals surface area contributed by atoms with Crippen molar-refractivity contribution in [2.75, 3.05) is 29.9 Å². The van der Waals surface area contributed by atoms with Crippen LogP contribution in [0.3, 0.4) is 0 Å². The van der Waals surface area contributed by atoms with Gasteiger partial charge in [0.25, 0.3) is 0 Å². The van der Waals surface area contributed by atoms with E-state index < -0.39 is 0 Å². The van der Waals surface area contributed by atoms with Gasteiger partial charge in [-0.05, 0) is 36.5 Å². The van der Waals surface area contributed by atoms with Gasteiger partial charge in [-0.2, -0.15) is 0 Å². The largest absolute Gasteiger partial charge is 0.396 e. The zero-order chi connectivity index (χ0) is 16.9. The SMILES string of the molecule is OCC1CCCN(c2cc(NCc3ccc(Br)cc3Cl)ncn2)C1. The second kappa shape index (κ2) is 8.14. The van der Waals surface area contributed by atoms with Gasteiger partial charge in [0.1, 0.15) is 18.0 Å². The van der Waals surface area contributed by atoms with Crippen molar-refractivity contribution in [2.24, 2.45) is 5.92 Å². The van der Waals surface area contributed by atoms with E-state index in [9.17, 15) is 5.11 Å². The van der Waals surface area contributed by atoms with Gasteiger partial charge in [0.05, 0.1) is 0 Å². The third-order valence-electron chi connectivity index (χ3n) is 4.23. The number of hydrogen-bond acceptors (Lipinski definition) is 5. The van der Waals surface area contributed by atoms with Gasteiger partial charge in [-0.25, -0.2) is 9.97 Å². The van der Waals surface area contributed by atoms with Crippen LogP contribution in [0.15, 0.2) is 35.1 Å². The molecule has 1 aliphatic heterocycles. The molecule has 1 aromatic heterocycles. The molecule has 7 heteroatoms. The molecule has 24 heavy (non-hydrogen) atoms. The topological polar surface area (TPSA) is 61.3 Å². The maximum absolute atomic E-state index is 9.38. The fraction of sp³-hybridized carbons (Fsp3) is 0.412. The Morgan fingerprint density at radius 3 is 3.00 bits per heavy atom. The van der Waals surface area contributed by atoms with Crippen LogP contribution >= 0.6 is 27.5 Å². The van der Waals surface area contributed by atoms with Crippen molar-refractivity contribution in [3.05, 3.63) is 45.7 Å². The zero-order valence-corrected chi connectivity index (χ0v) is 15.6. The number of anilines is 2. The van der Waals surface area contributed by atoms with Crippen molar-refractivity contribution in [3.8, 4) is 0 Å². The van der Waals surface area contributed by atoms with E-state index in [1.165, 1.54) is 0 Å². The third-order valence-corrected chi connectivity index (χ3v) is 5.07. The van der Waals surface area contributed by atoms with Gasteiger partial charge in [-0.15, -0.1) is 0 Å². The summed E-state index contributed by atoms with van der Waals surface area (Å²) in [5.41, 5.74) is 1.01. The van der Waals surface area contributed by atoms with Crippen molar-refractivity contribution < 1.29 is 5.11 Å². The number of rotatable bonds is 5. The van der Waals surface area contributed by atoms with Crippen molar-refractivity contribution in [1.82, 2.24) is 9.97 Å². The predicted octanol–water partition coefficient (Wildman–Crippen LogP) is 3.71. The molecule has 0 aliphatic carbocycles. The number of benzene rings is 1. The minimum atomic E-state index is 0.231. The first kappa shape index (κ1) is 17.5. The summed E-state index contributed by atoms with van der Waals surface area (Å²) in [6.07, 6.45) is 3.72. The van der Waals surface area contributed by atoms with E-state index in [2.05, 4.69) is 36.1 Å². The lowest BCUT2D eigenvalue weighted by Gasteiger charge is -2.32. The van der Waals surface area contributed by atoms with Crippen molar-refractivity contribution in [1.29, 1.82) is 0 Å². The van der Waals surface area contributed by atoms with Crippen LogP contribution in [0.1, 0.15) is 18.4 Å². The lowest BCUT2D eigenvalue weighted by Crippen LogP contribution is -2.37. The van der Waals surface area contributed by atoms with Crippen LogP contribution < -0.4 is 10.2 Å². The molecule has 1 aliphatic rings. The van der Waals surface area contributed by atoms with Crippen LogP contribution in [0.5, 0.6) is 0 Å². The number of hydrogen-bond donors (Lipinski definition) is 2. The monoisotopic (exact) mass is 410 g/mol. The summed E-state index contributed by atoms with van der Waals surface area (Å²) in [7, 11) is 0. The maximum Gasteiger partial charge on any atom is 0.134 e. The Balaban J connectivity index is 1.67. The minimum absolute atomic E-state index is 0.231. The first-order chi connectivity index (χ1) is 11.7. The van der Waals surface area contributed by atoms with E-state index in [-0.39, 0.29) is 6.61 Å². The molecular weight excluding hydrogens is 392 g/mol. The predicted molar refractivity (Wildman–Crippen MR) is 101 cm³/mol. The summed E-state index contributed by atoms with van der Waals surface area (Å²) in [6, 6.07) is 7.79. The smallest absolute Gasteiger partial charge is 0.134 e. The number of piperidine rings is 1. The Morgan fingerprint density at radius 2 is 2.21 bits per heavy atom. The van der Waals surface area contributed by atoms with Gasteiger partial charge < -0.3 is 15.3 Å². The van der Waals surface area contributed by atoms with Crippen LogP contribution in [0.2, 0.25) is 5.02 Å². The van der Waals surface area contributed by atoms with Gasteiger partial charge in [-0.1, -0.05) is 33.6 Å². The van der Waals surface area contributed by atoms with E-state index in [0.29, 0.717) is 17.5 Å². The highest BCUT2D eigenvalue weighted by atomic mass is 79.9. The standard InChI is InChI=1S/C17H20BrClN4O/c18-14-4-3-13(15(19)6-14)8-20-16-7-17(22-11-21-16)23-5-1-2-12(9-23)10-24/h3-4,6-7,11-12,24H,1-2,5,8-10H2,(H,20,21,22). The molecule has 1 aromatic carbocycles. The molecule has 2 heterocycles. The quantitative estimate of drug-likeness (QED) is 0.785. The highest BCUT2D eigenvalue weighted by Gasteiger charge is 2.20. The molecule has 3 rings (SSSR count). The molecule has 1 fully saturated rings. The molecular formula is C17H20BrClN4O. The van der Waals surface area contributed by atoms with E-state index in [0.717, 1.165) is 47.6 Å². The molecule has 2 aromatic rings. The van der Waals surface area contributed by atoms with Gasteiger partial charge in [0.15, 0.2) is 0 Å². The number of nitrogens with one attached hydrogen (secondary N) is 1. The van der Waals surface area contributed by atoms with E-state index in [4.69, 9.17) is 11.6 Å². The molecule has 0 spiro atoms. The van der Waals surface area contributed by atoms with Gasteiger partial charge in [0.2, 0.25) is 0 Å². The van der Waals surface area contributed by atoms with Crippen LogP contribution in [-0.4, -0.2) is 34.8 Å². The number of aliphatic hydroxyl groups excluding tert-OH is 1. The van der Waals surface area contributed by atoms with Crippen LogP contribution in [0.4, 0.5) is 11.6 Å². The van der Waals surface area contributed by atoms with E-state index in [1.54, 1.807) is 6.33 Å². The van der Waals surface area contributed by atoms with Gasteiger partial charge >= 0.3 is 0 Å². The zero-order valence-electron chi connectivity index (χ0n) is 13.3. The van der Waals surface area contributed by atoms with Crippen molar-refractivity contribution in [3.63, 3.8) is 0 Å². The molecule has 1 saturated heterocycles. The molecule has 1 unspecified atom stereocenters. The van der Waals surface area contributed by atoms with E-state index >= 15 is 0 Å². The summed E-state index contributed by atoms with van der Waals surface area (Å²) in [5, 5.41) is 13.4. The number of aromatic nitrogens is 2. The normalized spacial score (nSPS) is 17.8. The molecule has 0 radical (unpaired) electrons. The molecule has 0 saturated carbocycles. The first-order valence-corrected chi connectivity index (χ1v) is 9.18. The average Bonchev–Trinajstić information content (AvgIpc) is 2.61. The maximum atomic E-state index is 9.38. The summed E-state index contributed by atoms with van der Waals surface area (Å²) in [5.74, 6) is 1.99. The fourth-order valence-electron chi connectivity index (χ4n) is 2.89. The number of nitrogens with zero attached hydrogens (tertiary/aromatic N) is 3. The Bertz CT molecular complexity index is 700. The molecule has 5 nitrogen and oxygen atoms in total. The number of aliphatic hydroxyl groups is 1. The van der Waals surface area contributed by atoms with E-state index in [1.807, 2.05) is 24.3 Å². The molecule has 0 amide bonds. The second-order valence-corrected chi connectivity index (χ2v) is 7.31. The Morgan fingerprint density at radius 1 is 1.33 bits per heavy atom. The fourth-order valence-corrected chi connectivity index (χ4v) is 3.63. The van der Waals surface area contributed by atoms with Crippen LogP contribution in [0, 0.1) is 5.92 Å². The summed E-state index contributed by atoms with van der Waals surface area (Å²) in [4.78, 5) is 10.9. The molecule has 1 atom stereocenters. The first-order valence-electron chi connectivity index (χ1n) is 8.01. The lowest BCUT2D eigenvalue weighted by atomic mass is 9.99. The highest BCUT2D eigenvalue weighted by molar-refractivity contribution is 9.10. The minimum Gasteiger partial charge on any atom is -0.396 e. The molecule has 0 bridgehead atoms. The lowest BCUT2D eigenvalue weighted by molar-refractivity contribution is 0.208. The summed E-state index contributed by atoms with van der Waals surface area (Å²) >= 11 is 9.65. The van der Waals surface area contributed by atoms with Crippen molar-refractivity contribution in [2.45, 2.75) is 19.4 Å². The summed E-state index contributed by atoms with van der Waals surface area (Å²) in [6.45, 7) is 2.63. The molecule has 2 N–H and O–H groups in total. The van der Waals surface area contributed by atoms with Crippen LogP contribution in [-0.2, 0) is 6.54 Å². The third kappa shape index (κ3) is 4.37. The molecule has 128 valence electrons. The van der Waals surface area contributed by atoms with Crippen LogP contribution in [0.25, 0.3) is 0 Å². The van der Waals surface area contributed by atoms with Gasteiger partial charge in [0, 0.05) is 41.8 Å². The Labute approximate surface area is 155 Å².